The Bertz CT molecular complexity index is 1030. The summed E-state index contributed by atoms with van der Waals surface area (Å²) >= 11 is 8.11. The number of nitrogens with zero attached hydrogens (tertiary/aromatic N) is 2. The van der Waals surface area contributed by atoms with Gasteiger partial charge in [-0.1, -0.05) is 23.7 Å². The summed E-state index contributed by atoms with van der Waals surface area (Å²) in [6.07, 6.45) is 4.50. The molecular formula is C19H18ClN3OS. The molecule has 3 aromatic rings. The molecule has 0 unspecified atom stereocenters. The number of rotatable bonds is 4. The van der Waals surface area contributed by atoms with Gasteiger partial charge in [0.15, 0.2) is 0 Å². The highest BCUT2D eigenvalue weighted by Gasteiger charge is 2.27. The molecule has 128 valence electrons. The number of thioether (sulfide) groups is 1. The first-order valence-corrected chi connectivity index (χ1v) is 9.81. The molecule has 0 bridgehead atoms. The van der Waals surface area contributed by atoms with Crippen LogP contribution in [0.5, 0.6) is 0 Å². The maximum Gasteiger partial charge on any atom is 0.354 e. The SMILES string of the molecule is CNc1nc(=O)n(-c2ccccc2Cl)c2cc(C3CC3)c(SC)cc12. The third-order valence-electron chi connectivity index (χ3n) is 4.59. The van der Waals surface area contributed by atoms with Gasteiger partial charge in [0.05, 0.1) is 16.2 Å². The zero-order chi connectivity index (χ0) is 17.6. The number of anilines is 1. The van der Waals surface area contributed by atoms with Crippen LogP contribution in [0.2, 0.25) is 5.02 Å². The van der Waals surface area contributed by atoms with Crippen molar-refractivity contribution >= 4 is 40.1 Å². The number of halogens is 1. The molecule has 6 heteroatoms. The Morgan fingerprint density at radius 2 is 2.04 bits per heavy atom. The van der Waals surface area contributed by atoms with Crippen molar-refractivity contribution < 1.29 is 0 Å². The summed E-state index contributed by atoms with van der Waals surface area (Å²) in [6, 6.07) is 11.7. The molecule has 1 saturated carbocycles. The van der Waals surface area contributed by atoms with Gasteiger partial charge in [-0.05, 0) is 54.8 Å². The fourth-order valence-electron chi connectivity index (χ4n) is 3.21. The Morgan fingerprint density at radius 3 is 2.68 bits per heavy atom. The molecule has 1 aliphatic rings. The smallest absolute Gasteiger partial charge is 0.354 e. The number of hydrogen-bond acceptors (Lipinski definition) is 4. The van der Waals surface area contributed by atoms with Crippen LogP contribution < -0.4 is 11.0 Å². The molecule has 0 spiro atoms. The second-order valence-electron chi connectivity index (χ2n) is 6.17. The lowest BCUT2D eigenvalue weighted by atomic mass is 10.1. The highest BCUT2D eigenvalue weighted by atomic mass is 35.5. The van der Waals surface area contributed by atoms with E-state index >= 15 is 0 Å². The highest BCUT2D eigenvalue weighted by molar-refractivity contribution is 7.98. The standard InChI is InChI=1S/C19H18ClN3OS/c1-21-18-13-10-17(25-2)12(11-7-8-11)9-16(13)23(19(24)22-18)15-6-4-3-5-14(15)20/h3-6,9-11H,7-8H2,1-2H3,(H,21,22,24). The zero-order valence-corrected chi connectivity index (χ0v) is 15.6. The number of fused-ring (bicyclic) bond motifs is 1. The maximum atomic E-state index is 12.8. The Balaban J connectivity index is 2.12. The Morgan fingerprint density at radius 1 is 1.28 bits per heavy atom. The minimum absolute atomic E-state index is 0.330. The lowest BCUT2D eigenvalue weighted by Gasteiger charge is -2.16. The molecule has 1 heterocycles. The summed E-state index contributed by atoms with van der Waals surface area (Å²) in [7, 11) is 1.79. The molecule has 25 heavy (non-hydrogen) atoms. The van der Waals surface area contributed by atoms with Gasteiger partial charge in [0.25, 0.3) is 0 Å². The maximum absolute atomic E-state index is 12.8. The summed E-state index contributed by atoms with van der Waals surface area (Å²) in [5.74, 6) is 1.19. The zero-order valence-electron chi connectivity index (χ0n) is 14.0. The van der Waals surface area contributed by atoms with Gasteiger partial charge in [-0.2, -0.15) is 4.98 Å². The van der Waals surface area contributed by atoms with Crippen LogP contribution in [-0.2, 0) is 0 Å². The van der Waals surface area contributed by atoms with E-state index in [-0.39, 0.29) is 5.69 Å². The van der Waals surface area contributed by atoms with E-state index in [0.717, 1.165) is 10.9 Å². The molecule has 0 saturated heterocycles. The third kappa shape index (κ3) is 2.81. The van der Waals surface area contributed by atoms with Crippen molar-refractivity contribution in [2.45, 2.75) is 23.7 Å². The Kier molecular flexibility index (Phi) is 4.21. The van der Waals surface area contributed by atoms with Gasteiger partial charge in [-0.15, -0.1) is 11.8 Å². The van der Waals surface area contributed by atoms with Crippen LogP contribution in [0, 0.1) is 0 Å². The molecule has 1 N–H and O–H groups in total. The molecule has 1 fully saturated rings. The van der Waals surface area contributed by atoms with Gasteiger partial charge in [0.2, 0.25) is 0 Å². The average molecular weight is 372 g/mol. The van der Waals surface area contributed by atoms with Gasteiger partial charge in [-0.25, -0.2) is 4.79 Å². The Labute approximate surface area is 155 Å². The van der Waals surface area contributed by atoms with Crippen LogP contribution in [0.4, 0.5) is 5.82 Å². The highest BCUT2D eigenvalue weighted by Crippen LogP contribution is 2.45. The van der Waals surface area contributed by atoms with E-state index < -0.39 is 0 Å². The normalized spacial score (nSPS) is 14.0. The van der Waals surface area contributed by atoms with Crippen molar-refractivity contribution in [3.05, 3.63) is 57.5 Å². The van der Waals surface area contributed by atoms with E-state index in [1.165, 1.54) is 23.3 Å². The quantitative estimate of drug-likeness (QED) is 0.676. The Hall–Kier alpha value is -1.98. The summed E-state index contributed by atoms with van der Waals surface area (Å²) in [5, 5.41) is 4.51. The van der Waals surface area contributed by atoms with Crippen LogP contribution in [0.25, 0.3) is 16.6 Å². The van der Waals surface area contributed by atoms with Crippen LogP contribution in [0.15, 0.2) is 46.1 Å². The minimum atomic E-state index is -0.330. The van der Waals surface area contributed by atoms with Gasteiger partial charge >= 0.3 is 5.69 Å². The summed E-state index contributed by atoms with van der Waals surface area (Å²) in [5.41, 5.74) is 2.49. The second-order valence-corrected chi connectivity index (χ2v) is 7.42. The largest absolute Gasteiger partial charge is 0.372 e. The molecule has 0 atom stereocenters. The van der Waals surface area contributed by atoms with Crippen LogP contribution in [-0.4, -0.2) is 22.9 Å². The predicted octanol–water partition coefficient (Wildman–Crippen LogP) is 4.68. The van der Waals surface area contributed by atoms with Gasteiger partial charge in [0.1, 0.15) is 5.82 Å². The van der Waals surface area contributed by atoms with Gasteiger partial charge in [0, 0.05) is 17.3 Å². The summed E-state index contributed by atoms with van der Waals surface area (Å²) < 4.78 is 1.62. The number of nitrogens with one attached hydrogen (secondary N) is 1. The summed E-state index contributed by atoms with van der Waals surface area (Å²) in [6.45, 7) is 0. The van der Waals surface area contributed by atoms with Crippen LogP contribution in [0.3, 0.4) is 0 Å². The van der Waals surface area contributed by atoms with E-state index in [9.17, 15) is 4.79 Å². The number of hydrogen-bond donors (Lipinski definition) is 1. The number of para-hydroxylation sites is 1. The minimum Gasteiger partial charge on any atom is -0.372 e. The van der Waals surface area contributed by atoms with Crippen molar-refractivity contribution in [2.24, 2.45) is 0 Å². The fraction of sp³-hybridized carbons (Fsp3) is 0.263. The van der Waals surface area contributed by atoms with Gasteiger partial charge < -0.3 is 5.32 Å². The molecule has 0 aliphatic heterocycles. The van der Waals surface area contributed by atoms with Crippen LogP contribution in [0.1, 0.15) is 24.3 Å². The molecule has 4 nitrogen and oxygen atoms in total. The van der Waals surface area contributed by atoms with Crippen molar-refractivity contribution in [3.8, 4) is 5.69 Å². The molecule has 1 aliphatic carbocycles. The van der Waals surface area contributed by atoms with E-state index in [4.69, 9.17) is 11.6 Å². The lowest BCUT2D eigenvalue weighted by molar-refractivity contribution is 0.954. The van der Waals surface area contributed by atoms with E-state index in [1.807, 2.05) is 18.2 Å². The van der Waals surface area contributed by atoms with Crippen molar-refractivity contribution in [1.29, 1.82) is 0 Å². The summed E-state index contributed by atoms with van der Waals surface area (Å²) in [4.78, 5) is 18.2. The molecule has 4 rings (SSSR count). The third-order valence-corrected chi connectivity index (χ3v) is 5.70. The van der Waals surface area contributed by atoms with Gasteiger partial charge in [-0.3, -0.25) is 4.57 Å². The molecular weight excluding hydrogens is 354 g/mol. The number of benzene rings is 2. The van der Waals surface area contributed by atoms with Crippen LogP contribution >= 0.6 is 23.4 Å². The monoisotopic (exact) mass is 371 g/mol. The first-order valence-electron chi connectivity index (χ1n) is 8.21. The van der Waals surface area contributed by atoms with E-state index in [2.05, 4.69) is 28.7 Å². The number of aromatic nitrogens is 2. The second kappa shape index (κ2) is 6.39. The van der Waals surface area contributed by atoms with Crippen molar-refractivity contribution in [1.82, 2.24) is 9.55 Å². The molecule has 1 aromatic heterocycles. The lowest BCUT2D eigenvalue weighted by Crippen LogP contribution is -2.23. The topological polar surface area (TPSA) is 46.9 Å². The van der Waals surface area contributed by atoms with E-state index in [0.29, 0.717) is 22.4 Å². The van der Waals surface area contributed by atoms with E-state index in [1.54, 1.807) is 29.4 Å². The fourth-order valence-corrected chi connectivity index (χ4v) is 4.13. The molecule has 2 aromatic carbocycles. The van der Waals surface area contributed by atoms with Crippen molar-refractivity contribution in [3.63, 3.8) is 0 Å². The first kappa shape index (κ1) is 16.5. The first-order chi connectivity index (χ1) is 12.1. The average Bonchev–Trinajstić information content (AvgIpc) is 3.46. The predicted molar refractivity (Wildman–Crippen MR) is 106 cm³/mol. The molecule has 0 radical (unpaired) electrons. The van der Waals surface area contributed by atoms with Crippen molar-refractivity contribution in [2.75, 3.05) is 18.6 Å². The molecule has 0 amide bonds.